The Hall–Kier alpha value is -1.83. The van der Waals surface area contributed by atoms with E-state index in [4.69, 9.17) is 18.9 Å². The predicted octanol–water partition coefficient (Wildman–Crippen LogP) is 2.23. The zero-order valence-corrected chi connectivity index (χ0v) is 17.7. The van der Waals surface area contributed by atoms with E-state index >= 15 is 0 Å². The highest BCUT2D eigenvalue weighted by molar-refractivity contribution is 5.78. The standard InChI is InChI=1S/C22H34N2O5/c1-26-20-10-18(11-21(12-20)27-2)16-28-15-17-5-7-24(8-6-17)14-22(25)23-13-19-4-3-9-29-19/h10-12,17,19H,3-9,13-16H2,1-2H3,(H,23,25)/t19-/m1/s1. The van der Waals surface area contributed by atoms with Gasteiger partial charge in [-0.2, -0.15) is 0 Å². The number of likely N-dealkylation sites (tertiary alicyclic amines) is 1. The first-order valence-electron chi connectivity index (χ1n) is 10.6. The molecule has 0 bridgehead atoms. The number of carbonyl (C=O) groups is 1. The van der Waals surface area contributed by atoms with Gasteiger partial charge < -0.3 is 24.3 Å². The molecule has 162 valence electrons. The van der Waals surface area contributed by atoms with Gasteiger partial charge >= 0.3 is 0 Å². The van der Waals surface area contributed by atoms with Crippen molar-refractivity contribution in [1.29, 1.82) is 0 Å². The van der Waals surface area contributed by atoms with Crippen molar-refractivity contribution in [2.75, 3.05) is 53.6 Å². The van der Waals surface area contributed by atoms with Crippen molar-refractivity contribution in [2.45, 2.75) is 38.4 Å². The number of methoxy groups -OCH3 is 2. The lowest BCUT2D eigenvalue weighted by molar-refractivity contribution is -0.123. The predicted molar refractivity (Wildman–Crippen MR) is 110 cm³/mol. The van der Waals surface area contributed by atoms with Crippen molar-refractivity contribution in [3.63, 3.8) is 0 Å². The Morgan fingerprint density at radius 1 is 1.14 bits per heavy atom. The molecule has 1 aromatic carbocycles. The molecule has 0 aromatic heterocycles. The van der Waals surface area contributed by atoms with Gasteiger partial charge in [0.25, 0.3) is 0 Å². The molecule has 0 saturated carbocycles. The first-order valence-corrected chi connectivity index (χ1v) is 10.6. The van der Waals surface area contributed by atoms with Gasteiger partial charge in [0, 0.05) is 25.8 Å². The third kappa shape index (κ3) is 7.17. The summed E-state index contributed by atoms with van der Waals surface area (Å²) in [6.07, 6.45) is 4.46. The minimum absolute atomic E-state index is 0.0992. The van der Waals surface area contributed by atoms with Crippen LogP contribution in [0, 0.1) is 5.92 Å². The number of ether oxygens (including phenoxy) is 4. The fourth-order valence-electron chi connectivity index (χ4n) is 3.90. The maximum absolute atomic E-state index is 12.1. The molecular formula is C22H34N2O5. The van der Waals surface area contributed by atoms with Gasteiger partial charge in [0.15, 0.2) is 0 Å². The van der Waals surface area contributed by atoms with Crippen LogP contribution in [0.25, 0.3) is 0 Å². The molecule has 7 heteroatoms. The van der Waals surface area contributed by atoms with Crippen LogP contribution in [0.5, 0.6) is 11.5 Å². The number of carbonyl (C=O) groups excluding carboxylic acids is 1. The molecule has 29 heavy (non-hydrogen) atoms. The molecule has 1 N–H and O–H groups in total. The van der Waals surface area contributed by atoms with Crippen LogP contribution in [0.2, 0.25) is 0 Å². The Bertz CT molecular complexity index is 618. The normalized spacial score (nSPS) is 20.6. The first-order chi connectivity index (χ1) is 14.2. The fraction of sp³-hybridized carbons (Fsp3) is 0.682. The van der Waals surface area contributed by atoms with Gasteiger partial charge in [0.1, 0.15) is 11.5 Å². The maximum atomic E-state index is 12.1. The van der Waals surface area contributed by atoms with Gasteiger partial charge in [0.2, 0.25) is 5.91 Å². The summed E-state index contributed by atoms with van der Waals surface area (Å²) in [7, 11) is 3.30. The van der Waals surface area contributed by atoms with Crippen molar-refractivity contribution in [3.05, 3.63) is 23.8 Å². The average Bonchev–Trinajstić information content (AvgIpc) is 3.27. The number of nitrogens with one attached hydrogen (secondary N) is 1. The zero-order chi connectivity index (χ0) is 20.5. The summed E-state index contributed by atoms with van der Waals surface area (Å²) in [6, 6.07) is 5.80. The van der Waals surface area contributed by atoms with Crippen LogP contribution in [0.1, 0.15) is 31.2 Å². The monoisotopic (exact) mass is 406 g/mol. The van der Waals surface area contributed by atoms with E-state index in [1.165, 1.54) is 0 Å². The molecule has 0 aliphatic carbocycles. The summed E-state index contributed by atoms with van der Waals surface area (Å²) in [4.78, 5) is 14.4. The first kappa shape index (κ1) is 21.9. The summed E-state index contributed by atoms with van der Waals surface area (Å²) in [5.41, 5.74) is 1.04. The zero-order valence-electron chi connectivity index (χ0n) is 17.7. The third-order valence-corrected chi connectivity index (χ3v) is 5.66. The number of benzene rings is 1. The lowest BCUT2D eigenvalue weighted by Gasteiger charge is -2.31. The molecule has 0 unspecified atom stereocenters. The Kier molecular flexibility index (Phi) is 8.58. The van der Waals surface area contributed by atoms with Crippen LogP contribution >= 0.6 is 0 Å². The lowest BCUT2D eigenvalue weighted by atomic mass is 9.98. The summed E-state index contributed by atoms with van der Waals surface area (Å²) in [6.45, 7) is 5.09. The number of hydrogen-bond donors (Lipinski definition) is 1. The minimum Gasteiger partial charge on any atom is -0.497 e. The quantitative estimate of drug-likeness (QED) is 0.643. The molecular weight excluding hydrogens is 372 g/mol. The highest BCUT2D eigenvalue weighted by atomic mass is 16.5. The van der Waals surface area contributed by atoms with Crippen LogP contribution in [0.3, 0.4) is 0 Å². The van der Waals surface area contributed by atoms with E-state index in [1.54, 1.807) is 14.2 Å². The van der Waals surface area contributed by atoms with Crippen LogP contribution in [-0.4, -0.2) is 70.5 Å². The summed E-state index contributed by atoms with van der Waals surface area (Å²) in [5.74, 6) is 2.18. The number of piperidine rings is 1. The van der Waals surface area contributed by atoms with Gasteiger partial charge in [-0.25, -0.2) is 0 Å². The van der Waals surface area contributed by atoms with E-state index in [-0.39, 0.29) is 12.0 Å². The van der Waals surface area contributed by atoms with Crippen molar-refractivity contribution < 1.29 is 23.7 Å². The molecule has 2 fully saturated rings. The van der Waals surface area contributed by atoms with Crippen molar-refractivity contribution in [3.8, 4) is 11.5 Å². The molecule has 0 spiro atoms. The van der Waals surface area contributed by atoms with Gasteiger partial charge in [-0.1, -0.05) is 0 Å². The van der Waals surface area contributed by atoms with Crippen LogP contribution in [-0.2, 0) is 20.9 Å². The third-order valence-electron chi connectivity index (χ3n) is 5.66. The largest absolute Gasteiger partial charge is 0.497 e. The summed E-state index contributed by atoms with van der Waals surface area (Å²) < 4.78 is 22.1. The van der Waals surface area contributed by atoms with E-state index in [0.29, 0.717) is 25.6 Å². The van der Waals surface area contributed by atoms with Crippen LogP contribution < -0.4 is 14.8 Å². The number of amides is 1. The Balaban J connectivity index is 1.31. The molecule has 7 nitrogen and oxygen atoms in total. The second-order valence-corrected chi connectivity index (χ2v) is 7.89. The Morgan fingerprint density at radius 3 is 2.48 bits per heavy atom. The molecule has 3 rings (SSSR count). The lowest BCUT2D eigenvalue weighted by Crippen LogP contribution is -2.43. The van der Waals surface area contributed by atoms with E-state index in [2.05, 4.69) is 10.2 Å². The van der Waals surface area contributed by atoms with Gasteiger partial charge in [-0.3, -0.25) is 9.69 Å². The smallest absolute Gasteiger partial charge is 0.234 e. The molecule has 1 amide bonds. The second kappa shape index (κ2) is 11.4. The van der Waals surface area contributed by atoms with Gasteiger partial charge in [-0.15, -0.1) is 0 Å². The van der Waals surface area contributed by atoms with Gasteiger partial charge in [-0.05, 0) is 62.4 Å². The average molecular weight is 407 g/mol. The highest BCUT2D eigenvalue weighted by Gasteiger charge is 2.22. The molecule has 1 aromatic rings. The van der Waals surface area contributed by atoms with Crippen molar-refractivity contribution in [1.82, 2.24) is 10.2 Å². The Morgan fingerprint density at radius 2 is 1.86 bits per heavy atom. The molecule has 1 atom stereocenters. The van der Waals surface area contributed by atoms with Crippen LogP contribution in [0.15, 0.2) is 18.2 Å². The van der Waals surface area contributed by atoms with E-state index in [0.717, 1.165) is 69.0 Å². The van der Waals surface area contributed by atoms with Gasteiger partial charge in [0.05, 0.1) is 33.5 Å². The highest BCUT2D eigenvalue weighted by Crippen LogP contribution is 2.24. The topological polar surface area (TPSA) is 69.3 Å². The SMILES string of the molecule is COc1cc(COCC2CCN(CC(=O)NC[C@H]3CCCO3)CC2)cc(OC)c1. The Labute approximate surface area is 173 Å². The summed E-state index contributed by atoms with van der Waals surface area (Å²) >= 11 is 0. The molecule has 2 aliphatic rings. The van der Waals surface area contributed by atoms with Crippen molar-refractivity contribution >= 4 is 5.91 Å². The molecule has 0 radical (unpaired) electrons. The molecule has 2 heterocycles. The van der Waals surface area contributed by atoms with Crippen LogP contribution in [0.4, 0.5) is 0 Å². The van der Waals surface area contributed by atoms with E-state index in [9.17, 15) is 4.79 Å². The number of nitrogens with zero attached hydrogens (tertiary/aromatic N) is 1. The molecule has 2 saturated heterocycles. The maximum Gasteiger partial charge on any atom is 0.234 e. The van der Waals surface area contributed by atoms with E-state index < -0.39 is 0 Å². The molecule has 2 aliphatic heterocycles. The van der Waals surface area contributed by atoms with Crippen molar-refractivity contribution in [2.24, 2.45) is 5.92 Å². The second-order valence-electron chi connectivity index (χ2n) is 7.89. The summed E-state index contributed by atoms with van der Waals surface area (Å²) in [5, 5.41) is 3.00. The fourth-order valence-corrected chi connectivity index (χ4v) is 3.90. The number of hydrogen-bond acceptors (Lipinski definition) is 6. The minimum atomic E-state index is 0.0992. The number of rotatable bonds is 10. The van der Waals surface area contributed by atoms with E-state index in [1.807, 2.05) is 18.2 Å².